The number of carbonyl (C=O) groups excluding carboxylic acids is 2. The lowest BCUT2D eigenvalue weighted by Gasteiger charge is -2.30. The van der Waals surface area contributed by atoms with Crippen LogP contribution in [0.25, 0.3) is 0 Å². The third kappa shape index (κ3) is 6.58. The molecule has 3 rings (SSSR count). The van der Waals surface area contributed by atoms with Crippen LogP contribution < -0.4 is 10.1 Å². The van der Waals surface area contributed by atoms with E-state index in [2.05, 4.69) is 35.1 Å². The van der Waals surface area contributed by atoms with Gasteiger partial charge in [0.2, 0.25) is 5.91 Å². The van der Waals surface area contributed by atoms with Crippen molar-refractivity contribution in [2.45, 2.75) is 71.0 Å². The standard InChI is InChI=1S/C26H33BrN2O3/c1-18(2)23-13-6-7-14-24(23)32-17-25(30)29(16-20-9-8-10-21(27)15-20)19(3)26(31)28-22-11-4-5-12-22/h6-10,13-15,18-19,22H,4-5,11-12,16-17H2,1-3H3,(H,28,31). The Hall–Kier alpha value is -2.34. The predicted octanol–water partition coefficient (Wildman–Crippen LogP) is 5.43. The van der Waals surface area contributed by atoms with Crippen LogP contribution in [0.1, 0.15) is 63.5 Å². The summed E-state index contributed by atoms with van der Waals surface area (Å²) in [5, 5.41) is 3.13. The van der Waals surface area contributed by atoms with Gasteiger partial charge in [-0.25, -0.2) is 0 Å². The lowest BCUT2D eigenvalue weighted by atomic mass is 10.0. The van der Waals surface area contributed by atoms with Crippen LogP contribution in [0.2, 0.25) is 0 Å². The van der Waals surface area contributed by atoms with Gasteiger partial charge in [0.05, 0.1) is 0 Å². The number of nitrogens with one attached hydrogen (secondary N) is 1. The van der Waals surface area contributed by atoms with Gasteiger partial charge in [0, 0.05) is 17.1 Å². The summed E-state index contributed by atoms with van der Waals surface area (Å²) < 4.78 is 6.87. The number of ether oxygens (including phenoxy) is 1. The predicted molar refractivity (Wildman–Crippen MR) is 131 cm³/mol. The molecule has 0 heterocycles. The van der Waals surface area contributed by atoms with Crippen molar-refractivity contribution in [3.63, 3.8) is 0 Å². The van der Waals surface area contributed by atoms with Crippen molar-refractivity contribution in [3.05, 3.63) is 64.1 Å². The third-order valence-electron chi connectivity index (χ3n) is 6.00. The maximum Gasteiger partial charge on any atom is 0.261 e. The second kappa shape index (κ2) is 11.5. The van der Waals surface area contributed by atoms with E-state index in [1.54, 1.807) is 11.8 Å². The average molecular weight is 501 g/mol. The molecule has 32 heavy (non-hydrogen) atoms. The number of amides is 2. The summed E-state index contributed by atoms with van der Waals surface area (Å²) in [5.41, 5.74) is 2.02. The quantitative estimate of drug-likeness (QED) is 0.499. The number of halogens is 1. The zero-order valence-corrected chi connectivity index (χ0v) is 20.7. The largest absolute Gasteiger partial charge is 0.483 e. The van der Waals surface area contributed by atoms with Crippen LogP contribution in [0, 0.1) is 0 Å². The van der Waals surface area contributed by atoms with E-state index >= 15 is 0 Å². The zero-order valence-electron chi connectivity index (χ0n) is 19.1. The fourth-order valence-electron chi connectivity index (χ4n) is 4.12. The molecule has 2 aromatic rings. The maximum absolute atomic E-state index is 13.3. The fraction of sp³-hybridized carbons (Fsp3) is 0.462. The molecule has 0 radical (unpaired) electrons. The van der Waals surface area contributed by atoms with Crippen molar-refractivity contribution in [2.75, 3.05) is 6.61 Å². The molecular formula is C26H33BrN2O3. The molecule has 0 aromatic heterocycles. The molecule has 2 aromatic carbocycles. The van der Waals surface area contributed by atoms with Crippen molar-refractivity contribution < 1.29 is 14.3 Å². The van der Waals surface area contributed by atoms with Gasteiger partial charge in [-0.05, 0) is 55.0 Å². The summed E-state index contributed by atoms with van der Waals surface area (Å²) >= 11 is 3.49. The minimum atomic E-state index is -0.592. The topological polar surface area (TPSA) is 58.6 Å². The van der Waals surface area contributed by atoms with Crippen LogP contribution in [0.15, 0.2) is 53.0 Å². The molecule has 172 valence electrons. The molecule has 1 fully saturated rings. The Morgan fingerprint density at radius 1 is 1.09 bits per heavy atom. The zero-order chi connectivity index (χ0) is 23.1. The SMILES string of the molecule is CC(C)c1ccccc1OCC(=O)N(Cc1cccc(Br)c1)C(C)C(=O)NC1CCCC1. The van der Waals surface area contributed by atoms with Crippen LogP contribution in [0.4, 0.5) is 0 Å². The molecular weight excluding hydrogens is 468 g/mol. The van der Waals surface area contributed by atoms with Gasteiger partial charge < -0.3 is 15.0 Å². The van der Waals surface area contributed by atoms with Crippen molar-refractivity contribution in [2.24, 2.45) is 0 Å². The molecule has 0 aliphatic heterocycles. The molecule has 1 saturated carbocycles. The summed E-state index contributed by atoms with van der Waals surface area (Å²) in [5.74, 6) is 0.678. The monoisotopic (exact) mass is 500 g/mol. The van der Waals surface area contributed by atoms with Crippen molar-refractivity contribution in [1.82, 2.24) is 10.2 Å². The molecule has 0 spiro atoms. The summed E-state index contributed by atoms with van der Waals surface area (Å²) in [4.78, 5) is 27.9. The Morgan fingerprint density at radius 2 is 1.81 bits per heavy atom. The molecule has 0 saturated heterocycles. The van der Waals surface area contributed by atoms with E-state index in [1.807, 2.05) is 48.5 Å². The molecule has 5 nitrogen and oxygen atoms in total. The molecule has 1 aliphatic rings. The number of hydrogen-bond acceptors (Lipinski definition) is 3. The fourth-order valence-corrected chi connectivity index (χ4v) is 4.56. The smallest absolute Gasteiger partial charge is 0.261 e. The Labute approximate surface area is 199 Å². The number of para-hydroxylation sites is 1. The molecule has 1 unspecified atom stereocenters. The lowest BCUT2D eigenvalue weighted by molar-refractivity contribution is -0.142. The highest BCUT2D eigenvalue weighted by Crippen LogP contribution is 2.26. The highest BCUT2D eigenvalue weighted by atomic mass is 79.9. The Bertz CT molecular complexity index is 925. The summed E-state index contributed by atoms with van der Waals surface area (Å²) in [6, 6.07) is 15.2. The molecule has 1 atom stereocenters. The summed E-state index contributed by atoms with van der Waals surface area (Å²) in [6.45, 7) is 6.21. The first kappa shape index (κ1) is 24.3. The maximum atomic E-state index is 13.3. The van der Waals surface area contributed by atoms with Gasteiger partial charge >= 0.3 is 0 Å². The van der Waals surface area contributed by atoms with Crippen molar-refractivity contribution >= 4 is 27.7 Å². The van der Waals surface area contributed by atoms with Crippen LogP contribution in [-0.2, 0) is 16.1 Å². The van der Waals surface area contributed by atoms with Crippen LogP contribution in [0.3, 0.4) is 0 Å². The van der Waals surface area contributed by atoms with E-state index in [0.717, 1.165) is 41.3 Å². The van der Waals surface area contributed by atoms with E-state index < -0.39 is 6.04 Å². The van der Waals surface area contributed by atoms with Crippen LogP contribution in [-0.4, -0.2) is 35.4 Å². The second-order valence-electron chi connectivity index (χ2n) is 8.80. The number of benzene rings is 2. The molecule has 6 heteroatoms. The first-order valence-corrected chi connectivity index (χ1v) is 12.2. The molecule has 0 bridgehead atoms. The molecule has 1 aliphatic carbocycles. The van der Waals surface area contributed by atoms with Crippen LogP contribution >= 0.6 is 15.9 Å². The van der Waals surface area contributed by atoms with E-state index in [4.69, 9.17) is 4.74 Å². The van der Waals surface area contributed by atoms with Gasteiger partial charge in [-0.1, -0.05) is 73.0 Å². The van der Waals surface area contributed by atoms with E-state index in [1.165, 1.54) is 0 Å². The van der Waals surface area contributed by atoms with Gasteiger partial charge in [-0.15, -0.1) is 0 Å². The van der Waals surface area contributed by atoms with E-state index in [9.17, 15) is 9.59 Å². The number of rotatable bonds is 9. The number of nitrogens with zero attached hydrogens (tertiary/aromatic N) is 1. The Morgan fingerprint density at radius 3 is 2.50 bits per heavy atom. The number of carbonyl (C=O) groups is 2. The normalized spacial score (nSPS) is 14.9. The van der Waals surface area contributed by atoms with E-state index in [-0.39, 0.29) is 30.4 Å². The third-order valence-corrected chi connectivity index (χ3v) is 6.50. The summed E-state index contributed by atoms with van der Waals surface area (Å²) in [6.07, 6.45) is 4.30. The molecule has 2 amide bonds. The van der Waals surface area contributed by atoms with Gasteiger partial charge in [-0.2, -0.15) is 0 Å². The van der Waals surface area contributed by atoms with Crippen LogP contribution in [0.5, 0.6) is 5.75 Å². The minimum absolute atomic E-state index is 0.108. The van der Waals surface area contributed by atoms with E-state index in [0.29, 0.717) is 12.3 Å². The lowest BCUT2D eigenvalue weighted by Crippen LogP contribution is -2.50. The number of hydrogen-bond donors (Lipinski definition) is 1. The highest BCUT2D eigenvalue weighted by Gasteiger charge is 2.29. The second-order valence-corrected chi connectivity index (χ2v) is 9.71. The van der Waals surface area contributed by atoms with Crippen molar-refractivity contribution in [1.29, 1.82) is 0 Å². The average Bonchev–Trinajstić information content (AvgIpc) is 3.28. The Kier molecular flexibility index (Phi) is 8.74. The first-order chi connectivity index (χ1) is 15.3. The highest BCUT2D eigenvalue weighted by molar-refractivity contribution is 9.10. The molecule has 1 N–H and O–H groups in total. The van der Waals surface area contributed by atoms with Gasteiger partial charge in [0.25, 0.3) is 5.91 Å². The van der Waals surface area contributed by atoms with Gasteiger partial charge in [0.15, 0.2) is 6.61 Å². The van der Waals surface area contributed by atoms with Gasteiger partial charge in [-0.3, -0.25) is 9.59 Å². The minimum Gasteiger partial charge on any atom is -0.483 e. The first-order valence-electron chi connectivity index (χ1n) is 11.4. The Balaban J connectivity index is 1.74. The van der Waals surface area contributed by atoms with Gasteiger partial charge in [0.1, 0.15) is 11.8 Å². The van der Waals surface area contributed by atoms with Crippen molar-refractivity contribution in [3.8, 4) is 5.75 Å². The summed E-state index contributed by atoms with van der Waals surface area (Å²) in [7, 11) is 0.